The first-order valence-corrected chi connectivity index (χ1v) is 5.72. The summed E-state index contributed by atoms with van der Waals surface area (Å²) >= 11 is 1.86. The van der Waals surface area contributed by atoms with Crippen LogP contribution in [-0.2, 0) is 4.79 Å². The number of hydrogen-bond donors (Lipinski definition) is 2. The smallest absolute Gasteiger partial charge is 0.322 e. The molecule has 2 N–H and O–H groups in total. The number of carbonyl (C=O) groups is 1. The number of thioether (sulfide) groups is 1. The van der Waals surface area contributed by atoms with Crippen LogP contribution >= 0.6 is 11.8 Å². The predicted molar refractivity (Wildman–Crippen MR) is 52.1 cm³/mol. The maximum Gasteiger partial charge on any atom is 0.322 e. The van der Waals surface area contributed by atoms with E-state index in [0.717, 1.165) is 31.1 Å². The van der Waals surface area contributed by atoms with Crippen molar-refractivity contribution in [2.24, 2.45) is 0 Å². The molecule has 2 aliphatic rings. The summed E-state index contributed by atoms with van der Waals surface area (Å²) in [5, 5.41) is 12.0. The van der Waals surface area contributed by atoms with Crippen LogP contribution < -0.4 is 5.32 Å². The number of carboxylic acid groups (broad SMARTS) is 1. The van der Waals surface area contributed by atoms with Crippen LogP contribution in [0, 0.1) is 0 Å². The Kier molecular flexibility index (Phi) is 2.76. The summed E-state index contributed by atoms with van der Waals surface area (Å²) in [7, 11) is 0. The summed E-state index contributed by atoms with van der Waals surface area (Å²) in [6.07, 6.45) is 0. The van der Waals surface area contributed by atoms with Crippen LogP contribution in [0.1, 0.15) is 0 Å². The first-order valence-electron chi connectivity index (χ1n) is 4.57. The largest absolute Gasteiger partial charge is 0.480 e. The Balaban J connectivity index is 2.06. The van der Waals surface area contributed by atoms with E-state index in [1.807, 2.05) is 11.8 Å². The average Bonchev–Trinajstić information content (AvgIpc) is 2.17. The Labute approximate surface area is 81.7 Å². The maximum atomic E-state index is 10.9. The third kappa shape index (κ3) is 1.82. The lowest BCUT2D eigenvalue weighted by Crippen LogP contribution is -2.63. The normalized spacial score (nSPS) is 35.4. The number of rotatable bonds is 1. The van der Waals surface area contributed by atoms with Crippen LogP contribution in [0.25, 0.3) is 0 Å². The van der Waals surface area contributed by atoms with E-state index in [1.165, 1.54) is 0 Å². The monoisotopic (exact) mass is 202 g/mol. The van der Waals surface area contributed by atoms with Crippen molar-refractivity contribution in [2.75, 3.05) is 31.1 Å². The SMILES string of the molecule is O=C(O)C1NCCN2CCSCC12. The topological polar surface area (TPSA) is 52.6 Å². The second-order valence-corrected chi connectivity index (χ2v) is 4.60. The fourth-order valence-electron chi connectivity index (χ4n) is 1.99. The van der Waals surface area contributed by atoms with Crippen molar-refractivity contribution in [2.45, 2.75) is 12.1 Å². The van der Waals surface area contributed by atoms with Crippen molar-refractivity contribution in [3.05, 3.63) is 0 Å². The summed E-state index contributed by atoms with van der Waals surface area (Å²) in [4.78, 5) is 13.2. The highest BCUT2D eigenvalue weighted by Crippen LogP contribution is 2.20. The molecule has 74 valence electrons. The molecule has 0 aliphatic carbocycles. The van der Waals surface area contributed by atoms with Gasteiger partial charge in [-0.2, -0.15) is 11.8 Å². The van der Waals surface area contributed by atoms with Gasteiger partial charge in [0, 0.05) is 37.2 Å². The third-order valence-corrected chi connectivity index (χ3v) is 3.74. The molecule has 2 aliphatic heterocycles. The van der Waals surface area contributed by atoms with E-state index >= 15 is 0 Å². The Hall–Kier alpha value is -0.260. The van der Waals surface area contributed by atoms with Gasteiger partial charge in [0.2, 0.25) is 0 Å². The molecular weight excluding hydrogens is 188 g/mol. The molecule has 0 aromatic rings. The molecule has 0 aromatic heterocycles. The Bertz CT molecular complexity index is 210. The number of nitrogens with zero attached hydrogens (tertiary/aromatic N) is 1. The molecule has 2 atom stereocenters. The van der Waals surface area contributed by atoms with Gasteiger partial charge < -0.3 is 10.4 Å². The van der Waals surface area contributed by atoms with E-state index in [4.69, 9.17) is 5.11 Å². The van der Waals surface area contributed by atoms with Crippen molar-refractivity contribution in [1.29, 1.82) is 0 Å². The molecule has 2 saturated heterocycles. The molecule has 0 amide bonds. The van der Waals surface area contributed by atoms with E-state index in [2.05, 4.69) is 10.2 Å². The lowest BCUT2D eigenvalue weighted by atomic mass is 10.1. The van der Waals surface area contributed by atoms with E-state index in [0.29, 0.717) is 0 Å². The fourth-order valence-corrected chi connectivity index (χ4v) is 3.17. The first kappa shape index (κ1) is 9.30. The van der Waals surface area contributed by atoms with Crippen molar-refractivity contribution >= 4 is 17.7 Å². The summed E-state index contributed by atoms with van der Waals surface area (Å²) in [5.74, 6) is 1.38. The molecule has 0 saturated carbocycles. The van der Waals surface area contributed by atoms with Gasteiger partial charge >= 0.3 is 5.97 Å². The van der Waals surface area contributed by atoms with Gasteiger partial charge in [0.25, 0.3) is 0 Å². The van der Waals surface area contributed by atoms with Crippen molar-refractivity contribution in [3.63, 3.8) is 0 Å². The minimum absolute atomic E-state index is 0.199. The molecule has 0 spiro atoms. The Morgan fingerprint density at radius 3 is 3.15 bits per heavy atom. The summed E-state index contributed by atoms with van der Waals surface area (Å²) in [5.41, 5.74) is 0. The van der Waals surface area contributed by atoms with Crippen LogP contribution in [0.2, 0.25) is 0 Å². The Morgan fingerprint density at radius 1 is 1.54 bits per heavy atom. The number of nitrogens with one attached hydrogen (secondary N) is 1. The first-order chi connectivity index (χ1) is 6.29. The summed E-state index contributed by atoms with van der Waals surface area (Å²) < 4.78 is 0. The van der Waals surface area contributed by atoms with Crippen LogP contribution in [0.5, 0.6) is 0 Å². The highest BCUT2D eigenvalue weighted by Gasteiger charge is 2.37. The minimum Gasteiger partial charge on any atom is -0.480 e. The second kappa shape index (κ2) is 3.86. The third-order valence-electron chi connectivity index (χ3n) is 2.69. The molecule has 13 heavy (non-hydrogen) atoms. The zero-order valence-corrected chi connectivity index (χ0v) is 8.22. The molecule has 2 heterocycles. The van der Waals surface area contributed by atoms with Gasteiger partial charge in [-0.05, 0) is 0 Å². The van der Waals surface area contributed by atoms with E-state index < -0.39 is 5.97 Å². The molecule has 2 rings (SSSR count). The second-order valence-electron chi connectivity index (χ2n) is 3.45. The molecule has 2 fully saturated rings. The highest BCUT2D eigenvalue weighted by molar-refractivity contribution is 7.99. The van der Waals surface area contributed by atoms with Crippen LogP contribution in [0.4, 0.5) is 0 Å². The van der Waals surface area contributed by atoms with Gasteiger partial charge in [-0.25, -0.2) is 0 Å². The van der Waals surface area contributed by atoms with Crippen LogP contribution in [0.15, 0.2) is 0 Å². The van der Waals surface area contributed by atoms with Crippen LogP contribution in [0.3, 0.4) is 0 Å². The minimum atomic E-state index is -0.711. The average molecular weight is 202 g/mol. The van der Waals surface area contributed by atoms with E-state index in [9.17, 15) is 4.79 Å². The van der Waals surface area contributed by atoms with Gasteiger partial charge in [-0.1, -0.05) is 0 Å². The summed E-state index contributed by atoms with van der Waals surface area (Å²) in [6.45, 7) is 2.84. The van der Waals surface area contributed by atoms with Gasteiger partial charge in [0.1, 0.15) is 6.04 Å². The Morgan fingerprint density at radius 2 is 2.38 bits per heavy atom. The zero-order valence-electron chi connectivity index (χ0n) is 7.40. The van der Waals surface area contributed by atoms with E-state index in [-0.39, 0.29) is 12.1 Å². The number of fused-ring (bicyclic) bond motifs is 1. The standard InChI is InChI=1S/C8H14N2O2S/c11-8(12)7-6-5-13-4-3-10(6)2-1-9-7/h6-7,9H,1-5H2,(H,11,12). The quantitative estimate of drug-likeness (QED) is 0.598. The lowest BCUT2D eigenvalue weighted by molar-refractivity contribution is -0.142. The van der Waals surface area contributed by atoms with Crippen molar-refractivity contribution in [1.82, 2.24) is 10.2 Å². The fraction of sp³-hybridized carbons (Fsp3) is 0.875. The zero-order chi connectivity index (χ0) is 9.26. The number of carboxylic acids is 1. The molecule has 0 bridgehead atoms. The van der Waals surface area contributed by atoms with Crippen LogP contribution in [-0.4, -0.2) is 59.2 Å². The number of aliphatic carboxylic acids is 1. The molecule has 0 radical (unpaired) electrons. The van der Waals surface area contributed by atoms with Gasteiger partial charge in [0.05, 0.1) is 0 Å². The van der Waals surface area contributed by atoms with Gasteiger partial charge in [-0.15, -0.1) is 0 Å². The number of hydrogen-bond acceptors (Lipinski definition) is 4. The predicted octanol–water partition coefficient (Wildman–Crippen LogP) is -0.540. The molecular formula is C8H14N2O2S. The maximum absolute atomic E-state index is 10.9. The molecule has 4 nitrogen and oxygen atoms in total. The van der Waals surface area contributed by atoms with Crippen molar-refractivity contribution < 1.29 is 9.90 Å². The summed E-state index contributed by atoms with van der Waals surface area (Å²) in [6, 6.07) is -0.161. The lowest BCUT2D eigenvalue weighted by Gasteiger charge is -2.42. The molecule has 5 heteroatoms. The van der Waals surface area contributed by atoms with Crippen molar-refractivity contribution in [3.8, 4) is 0 Å². The molecule has 2 unspecified atom stereocenters. The van der Waals surface area contributed by atoms with Gasteiger partial charge in [-0.3, -0.25) is 9.69 Å². The van der Waals surface area contributed by atoms with E-state index in [1.54, 1.807) is 0 Å². The number of piperazine rings is 1. The molecule has 0 aromatic carbocycles. The highest BCUT2D eigenvalue weighted by atomic mass is 32.2. The van der Waals surface area contributed by atoms with Gasteiger partial charge in [0.15, 0.2) is 0 Å².